The van der Waals surface area contributed by atoms with Crippen molar-refractivity contribution < 1.29 is 19.1 Å². The summed E-state index contributed by atoms with van der Waals surface area (Å²) >= 11 is 0. The monoisotopic (exact) mass is 391 g/mol. The zero-order chi connectivity index (χ0) is 20.8. The second kappa shape index (κ2) is 9.24. The van der Waals surface area contributed by atoms with E-state index >= 15 is 0 Å². The summed E-state index contributed by atoms with van der Waals surface area (Å²) < 4.78 is 12.7. The molecule has 5 nitrogen and oxygen atoms in total. The molecule has 0 amide bonds. The Morgan fingerprint density at radius 1 is 0.931 bits per heavy atom. The van der Waals surface area contributed by atoms with E-state index in [1.54, 1.807) is 0 Å². The van der Waals surface area contributed by atoms with Crippen molar-refractivity contribution >= 4 is 11.8 Å². The molecule has 0 aliphatic carbocycles. The van der Waals surface area contributed by atoms with Crippen LogP contribution in [0.25, 0.3) is 0 Å². The molecule has 0 unspecified atom stereocenters. The first-order valence-corrected chi connectivity index (χ1v) is 9.52. The first kappa shape index (κ1) is 20.4. The zero-order valence-corrected chi connectivity index (χ0v) is 17.0. The van der Waals surface area contributed by atoms with Crippen molar-refractivity contribution in [1.82, 2.24) is 4.57 Å². The minimum atomic E-state index is -0.571. The third-order valence-corrected chi connectivity index (χ3v) is 5.00. The first-order valence-electron chi connectivity index (χ1n) is 9.52. The SMILES string of the molecule is Cc1cc(C(=O)COC(=O)COc2ccccc2Cc2ccccc2)c(C)n1C. The third kappa shape index (κ3) is 5.13. The number of aryl methyl sites for hydroxylation is 1. The molecule has 0 aliphatic heterocycles. The number of rotatable bonds is 8. The maximum atomic E-state index is 12.3. The number of carbonyl (C=O) groups excluding carboxylic acids is 2. The van der Waals surface area contributed by atoms with Gasteiger partial charge in [-0.3, -0.25) is 4.79 Å². The van der Waals surface area contributed by atoms with E-state index in [1.807, 2.05) is 86.1 Å². The second-order valence-corrected chi connectivity index (χ2v) is 6.99. The quantitative estimate of drug-likeness (QED) is 0.430. The van der Waals surface area contributed by atoms with Crippen molar-refractivity contribution in [3.05, 3.63) is 88.7 Å². The fraction of sp³-hybridized carbons (Fsp3) is 0.250. The number of ketones is 1. The average Bonchev–Trinajstić information content (AvgIpc) is 2.99. The van der Waals surface area contributed by atoms with Crippen molar-refractivity contribution in [2.24, 2.45) is 7.05 Å². The molecular weight excluding hydrogens is 366 g/mol. The van der Waals surface area contributed by atoms with Gasteiger partial charge in [0.15, 0.2) is 13.2 Å². The topological polar surface area (TPSA) is 57.5 Å². The second-order valence-electron chi connectivity index (χ2n) is 6.99. The van der Waals surface area contributed by atoms with E-state index in [0.29, 0.717) is 17.7 Å². The van der Waals surface area contributed by atoms with Crippen LogP contribution in [0.15, 0.2) is 60.7 Å². The fourth-order valence-corrected chi connectivity index (χ4v) is 3.15. The molecule has 0 fully saturated rings. The van der Waals surface area contributed by atoms with Crippen LogP contribution in [0, 0.1) is 13.8 Å². The highest BCUT2D eigenvalue weighted by atomic mass is 16.6. The highest BCUT2D eigenvalue weighted by Crippen LogP contribution is 2.21. The summed E-state index contributed by atoms with van der Waals surface area (Å²) in [4.78, 5) is 24.4. The Balaban J connectivity index is 1.54. The molecule has 0 bridgehead atoms. The predicted octanol–water partition coefficient (Wildman–Crippen LogP) is 4.04. The number of nitrogens with zero attached hydrogens (tertiary/aromatic N) is 1. The summed E-state index contributed by atoms with van der Waals surface area (Å²) in [6.45, 7) is 3.26. The lowest BCUT2D eigenvalue weighted by Crippen LogP contribution is -2.20. The van der Waals surface area contributed by atoms with Crippen LogP contribution >= 0.6 is 0 Å². The van der Waals surface area contributed by atoms with Crippen LogP contribution in [0.4, 0.5) is 0 Å². The smallest absolute Gasteiger partial charge is 0.344 e. The van der Waals surface area contributed by atoms with Gasteiger partial charge in [0.25, 0.3) is 0 Å². The number of para-hydroxylation sites is 1. The van der Waals surface area contributed by atoms with Crippen molar-refractivity contribution in [2.75, 3.05) is 13.2 Å². The largest absolute Gasteiger partial charge is 0.482 e. The van der Waals surface area contributed by atoms with Crippen LogP contribution in [0.2, 0.25) is 0 Å². The van der Waals surface area contributed by atoms with Crippen LogP contribution in [-0.2, 0) is 23.0 Å². The number of esters is 1. The van der Waals surface area contributed by atoms with Crippen LogP contribution in [-0.4, -0.2) is 29.5 Å². The molecule has 0 spiro atoms. The molecule has 0 radical (unpaired) electrons. The molecule has 1 aromatic heterocycles. The number of hydrogen-bond acceptors (Lipinski definition) is 4. The summed E-state index contributed by atoms with van der Waals surface area (Å²) in [6, 6.07) is 19.4. The van der Waals surface area contributed by atoms with Gasteiger partial charge in [0.05, 0.1) is 0 Å². The molecular formula is C24H25NO4. The molecule has 2 aromatic carbocycles. The van der Waals surface area contributed by atoms with E-state index in [2.05, 4.69) is 0 Å². The van der Waals surface area contributed by atoms with Gasteiger partial charge in [-0.05, 0) is 37.1 Å². The summed E-state index contributed by atoms with van der Waals surface area (Å²) in [7, 11) is 1.90. The molecule has 3 rings (SSSR count). The molecule has 0 saturated carbocycles. The molecule has 0 atom stereocenters. The molecule has 0 N–H and O–H groups in total. The van der Waals surface area contributed by atoms with Crippen LogP contribution in [0.1, 0.15) is 32.9 Å². The summed E-state index contributed by atoms with van der Waals surface area (Å²) in [5, 5.41) is 0. The highest BCUT2D eigenvalue weighted by molar-refractivity contribution is 5.99. The van der Waals surface area contributed by atoms with E-state index in [4.69, 9.17) is 9.47 Å². The van der Waals surface area contributed by atoms with E-state index in [-0.39, 0.29) is 19.0 Å². The van der Waals surface area contributed by atoms with Crippen LogP contribution < -0.4 is 4.74 Å². The average molecular weight is 391 g/mol. The summed E-state index contributed by atoms with van der Waals surface area (Å²) in [5.74, 6) is -0.156. The van der Waals surface area contributed by atoms with E-state index in [0.717, 1.165) is 22.5 Å². The number of aromatic nitrogens is 1. The number of hydrogen-bond donors (Lipinski definition) is 0. The molecule has 1 heterocycles. The molecule has 0 aliphatic rings. The Morgan fingerprint density at radius 3 is 2.31 bits per heavy atom. The van der Waals surface area contributed by atoms with E-state index in [1.165, 1.54) is 0 Å². The van der Waals surface area contributed by atoms with Crippen LogP contribution in [0.3, 0.4) is 0 Å². The molecule has 0 saturated heterocycles. The number of carbonyl (C=O) groups is 2. The van der Waals surface area contributed by atoms with Crippen molar-refractivity contribution in [3.8, 4) is 5.75 Å². The van der Waals surface area contributed by atoms with Crippen molar-refractivity contribution in [1.29, 1.82) is 0 Å². The first-order chi connectivity index (χ1) is 14.0. The van der Waals surface area contributed by atoms with Gasteiger partial charge in [-0.25, -0.2) is 4.79 Å². The fourth-order valence-electron chi connectivity index (χ4n) is 3.15. The van der Waals surface area contributed by atoms with Crippen LogP contribution in [0.5, 0.6) is 5.75 Å². The van der Waals surface area contributed by atoms with Gasteiger partial charge in [-0.2, -0.15) is 0 Å². The van der Waals surface area contributed by atoms with Gasteiger partial charge in [0, 0.05) is 30.4 Å². The van der Waals surface area contributed by atoms with Gasteiger partial charge in [-0.1, -0.05) is 48.5 Å². The van der Waals surface area contributed by atoms with Gasteiger partial charge in [-0.15, -0.1) is 0 Å². The van der Waals surface area contributed by atoms with Crippen molar-refractivity contribution in [2.45, 2.75) is 20.3 Å². The maximum Gasteiger partial charge on any atom is 0.344 e. The van der Waals surface area contributed by atoms with Gasteiger partial charge >= 0.3 is 5.97 Å². The highest BCUT2D eigenvalue weighted by Gasteiger charge is 2.16. The lowest BCUT2D eigenvalue weighted by atomic mass is 10.0. The van der Waals surface area contributed by atoms with E-state index < -0.39 is 5.97 Å². The standard InChI is InChI=1S/C24H25NO4/c1-17-13-21(18(2)25(17)3)22(26)15-29-24(27)16-28-23-12-8-7-11-20(23)14-19-9-5-4-6-10-19/h4-13H,14-16H2,1-3H3. The minimum Gasteiger partial charge on any atom is -0.482 e. The lowest BCUT2D eigenvalue weighted by molar-refractivity contribution is -0.144. The maximum absolute atomic E-state index is 12.3. The lowest BCUT2D eigenvalue weighted by Gasteiger charge is -2.11. The Labute approximate surface area is 170 Å². The van der Waals surface area contributed by atoms with Crippen molar-refractivity contribution in [3.63, 3.8) is 0 Å². The minimum absolute atomic E-state index is 0.218. The third-order valence-electron chi connectivity index (χ3n) is 5.00. The Kier molecular flexibility index (Phi) is 6.50. The van der Waals surface area contributed by atoms with E-state index in [9.17, 15) is 9.59 Å². The Morgan fingerprint density at radius 2 is 1.62 bits per heavy atom. The Bertz CT molecular complexity index is 1000. The number of ether oxygens (including phenoxy) is 2. The van der Waals surface area contributed by atoms with Gasteiger partial charge in [0.1, 0.15) is 5.75 Å². The summed E-state index contributed by atoms with van der Waals surface area (Å²) in [5.41, 5.74) is 4.56. The number of benzene rings is 2. The van der Waals surface area contributed by atoms with Gasteiger partial charge in [0.2, 0.25) is 5.78 Å². The zero-order valence-electron chi connectivity index (χ0n) is 17.0. The normalized spacial score (nSPS) is 10.6. The molecule has 5 heteroatoms. The molecule has 3 aromatic rings. The van der Waals surface area contributed by atoms with Gasteiger partial charge < -0.3 is 14.0 Å². The predicted molar refractivity (Wildman–Crippen MR) is 111 cm³/mol. The summed E-state index contributed by atoms with van der Waals surface area (Å²) in [6.07, 6.45) is 0.706. The molecule has 29 heavy (non-hydrogen) atoms. The Hall–Kier alpha value is -3.34. The molecule has 150 valence electrons. The number of Topliss-reactive ketones (excluding diaryl/α,β-unsaturated/α-hetero) is 1.